The SMILES string of the molecule is NC(=O)C1(C(F)F)CC1. The van der Waals surface area contributed by atoms with Crippen molar-refractivity contribution in [1.82, 2.24) is 0 Å². The normalized spacial score (nSPS) is 22.1. The molecular weight excluding hydrogens is 128 g/mol. The molecule has 9 heavy (non-hydrogen) atoms. The van der Waals surface area contributed by atoms with Crippen molar-refractivity contribution in [3.05, 3.63) is 0 Å². The van der Waals surface area contributed by atoms with Crippen molar-refractivity contribution >= 4 is 5.91 Å². The largest absolute Gasteiger partial charge is 0.369 e. The van der Waals surface area contributed by atoms with E-state index in [9.17, 15) is 13.6 Å². The summed E-state index contributed by atoms with van der Waals surface area (Å²) >= 11 is 0. The van der Waals surface area contributed by atoms with Crippen LogP contribution in [0.3, 0.4) is 0 Å². The Balaban J connectivity index is 2.63. The standard InChI is InChI=1S/C5H7F2NO/c6-3(7)5(1-2-5)4(8)9/h3H,1-2H2,(H2,8,9). The Morgan fingerprint density at radius 1 is 1.56 bits per heavy atom. The first kappa shape index (κ1) is 6.45. The number of rotatable bonds is 2. The molecule has 0 aromatic carbocycles. The highest BCUT2D eigenvalue weighted by molar-refractivity contribution is 5.84. The summed E-state index contributed by atoms with van der Waals surface area (Å²) in [6.07, 6.45) is -2.07. The first-order valence-electron chi connectivity index (χ1n) is 2.68. The maximum Gasteiger partial charge on any atom is 0.252 e. The molecule has 2 nitrogen and oxygen atoms in total. The molecule has 1 saturated carbocycles. The van der Waals surface area contributed by atoms with Gasteiger partial charge in [-0.25, -0.2) is 8.78 Å². The third-order valence-corrected chi connectivity index (χ3v) is 1.70. The predicted octanol–water partition coefficient (Wildman–Crippen LogP) is 0.517. The fourth-order valence-corrected chi connectivity index (χ4v) is 0.707. The van der Waals surface area contributed by atoms with Crippen LogP contribution in [0.4, 0.5) is 8.78 Å². The molecule has 0 atom stereocenters. The topological polar surface area (TPSA) is 43.1 Å². The van der Waals surface area contributed by atoms with E-state index in [4.69, 9.17) is 5.73 Å². The molecule has 1 fully saturated rings. The molecule has 0 bridgehead atoms. The monoisotopic (exact) mass is 135 g/mol. The smallest absolute Gasteiger partial charge is 0.252 e. The molecule has 0 saturated heterocycles. The van der Waals surface area contributed by atoms with Gasteiger partial charge in [0, 0.05) is 0 Å². The predicted molar refractivity (Wildman–Crippen MR) is 26.9 cm³/mol. The lowest BCUT2D eigenvalue weighted by Gasteiger charge is -2.06. The lowest BCUT2D eigenvalue weighted by Crippen LogP contribution is -2.30. The molecule has 0 radical (unpaired) electrons. The van der Waals surface area contributed by atoms with Crippen LogP contribution in [0.25, 0.3) is 0 Å². The van der Waals surface area contributed by atoms with E-state index < -0.39 is 17.7 Å². The molecule has 0 unspecified atom stereocenters. The van der Waals surface area contributed by atoms with Crippen molar-refractivity contribution in [2.45, 2.75) is 19.3 Å². The van der Waals surface area contributed by atoms with Crippen LogP contribution in [-0.4, -0.2) is 12.3 Å². The zero-order valence-corrected chi connectivity index (χ0v) is 4.73. The van der Waals surface area contributed by atoms with Gasteiger partial charge >= 0.3 is 0 Å². The second-order valence-corrected chi connectivity index (χ2v) is 2.32. The average molecular weight is 135 g/mol. The van der Waals surface area contributed by atoms with Crippen LogP contribution in [-0.2, 0) is 4.79 Å². The minimum absolute atomic E-state index is 0.250. The first-order valence-corrected chi connectivity index (χ1v) is 2.68. The quantitative estimate of drug-likeness (QED) is 0.589. The van der Waals surface area contributed by atoms with Crippen LogP contribution < -0.4 is 5.73 Å². The fraction of sp³-hybridized carbons (Fsp3) is 0.800. The number of carbonyl (C=O) groups excluding carboxylic acids is 1. The number of carbonyl (C=O) groups is 1. The molecule has 1 amide bonds. The van der Waals surface area contributed by atoms with Crippen LogP contribution in [0.5, 0.6) is 0 Å². The Bertz CT molecular complexity index is 142. The van der Waals surface area contributed by atoms with Crippen molar-refractivity contribution in [1.29, 1.82) is 0 Å². The molecule has 1 rings (SSSR count). The van der Waals surface area contributed by atoms with E-state index in [-0.39, 0.29) is 12.8 Å². The van der Waals surface area contributed by atoms with Crippen molar-refractivity contribution in [3.8, 4) is 0 Å². The summed E-state index contributed by atoms with van der Waals surface area (Å²) in [5, 5.41) is 0. The van der Waals surface area contributed by atoms with Crippen LogP contribution in [0.2, 0.25) is 0 Å². The Labute approximate surface area is 51.0 Å². The highest BCUT2D eigenvalue weighted by atomic mass is 19.3. The summed E-state index contributed by atoms with van der Waals surface area (Å²) in [7, 11) is 0. The molecule has 4 heteroatoms. The van der Waals surface area contributed by atoms with E-state index in [0.717, 1.165) is 0 Å². The minimum Gasteiger partial charge on any atom is -0.369 e. The number of alkyl halides is 2. The van der Waals surface area contributed by atoms with Gasteiger partial charge in [0.2, 0.25) is 5.91 Å². The molecule has 2 N–H and O–H groups in total. The molecule has 0 aromatic heterocycles. The van der Waals surface area contributed by atoms with E-state index >= 15 is 0 Å². The Kier molecular flexibility index (Phi) is 1.18. The van der Waals surface area contributed by atoms with E-state index in [1.54, 1.807) is 0 Å². The zero-order valence-electron chi connectivity index (χ0n) is 4.73. The lowest BCUT2D eigenvalue weighted by atomic mass is 10.1. The summed E-state index contributed by atoms with van der Waals surface area (Å²) in [5.41, 5.74) is 3.27. The van der Waals surface area contributed by atoms with Crippen LogP contribution in [0, 0.1) is 5.41 Å². The highest BCUT2D eigenvalue weighted by Gasteiger charge is 2.56. The van der Waals surface area contributed by atoms with Gasteiger partial charge in [0.1, 0.15) is 5.41 Å². The van der Waals surface area contributed by atoms with Crippen molar-refractivity contribution in [2.75, 3.05) is 0 Å². The summed E-state index contributed by atoms with van der Waals surface area (Å²) in [4.78, 5) is 10.3. The highest BCUT2D eigenvalue weighted by Crippen LogP contribution is 2.50. The maximum atomic E-state index is 11.8. The lowest BCUT2D eigenvalue weighted by molar-refractivity contribution is -0.128. The molecule has 0 aromatic rings. The van der Waals surface area contributed by atoms with Gasteiger partial charge in [0.15, 0.2) is 0 Å². The number of halogens is 2. The third-order valence-electron chi connectivity index (χ3n) is 1.70. The summed E-state index contributed by atoms with van der Waals surface area (Å²) in [6, 6.07) is 0. The van der Waals surface area contributed by atoms with Crippen molar-refractivity contribution in [3.63, 3.8) is 0 Å². The summed E-state index contributed by atoms with van der Waals surface area (Å²) < 4.78 is 23.6. The minimum atomic E-state index is -2.57. The Morgan fingerprint density at radius 3 is 2.00 bits per heavy atom. The molecule has 0 heterocycles. The Morgan fingerprint density at radius 2 is 2.00 bits per heavy atom. The van der Waals surface area contributed by atoms with E-state index in [0.29, 0.717) is 0 Å². The molecule has 0 spiro atoms. The van der Waals surface area contributed by atoms with Gasteiger partial charge in [0.05, 0.1) is 0 Å². The molecular formula is C5H7F2NO. The van der Waals surface area contributed by atoms with Crippen LogP contribution in [0.1, 0.15) is 12.8 Å². The second kappa shape index (κ2) is 1.65. The average Bonchev–Trinajstić information content (AvgIpc) is 2.40. The number of nitrogens with two attached hydrogens (primary N) is 1. The van der Waals surface area contributed by atoms with E-state index in [2.05, 4.69) is 0 Å². The first-order chi connectivity index (χ1) is 4.09. The van der Waals surface area contributed by atoms with Crippen LogP contribution in [0.15, 0.2) is 0 Å². The summed E-state index contributed by atoms with van der Waals surface area (Å²) in [6.45, 7) is 0. The van der Waals surface area contributed by atoms with Crippen LogP contribution >= 0.6 is 0 Å². The Hall–Kier alpha value is -0.670. The molecule has 0 aliphatic heterocycles. The van der Waals surface area contributed by atoms with Gasteiger partial charge in [-0.2, -0.15) is 0 Å². The number of primary amides is 1. The van der Waals surface area contributed by atoms with Gasteiger partial charge in [0.25, 0.3) is 6.43 Å². The molecule has 1 aliphatic rings. The summed E-state index contributed by atoms with van der Waals surface area (Å²) in [5.74, 6) is -0.863. The zero-order chi connectivity index (χ0) is 7.07. The van der Waals surface area contributed by atoms with E-state index in [1.807, 2.05) is 0 Å². The second-order valence-electron chi connectivity index (χ2n) is 2.32. The maximum absolute atomic E-state index is 11.8. The van der Waals surface area contributed by atoms with Gasteiger partial charge in [-0.3, -0.25) is 4.79 Å². The fourth-order valence-electron chi connectivity index (χ4n) is 0.707. The van der Waals surface area contributed by atoms with Gasteiger partial charge in [-0.05, 0) is 12.8 Å². The van der Waals surface area contributed by atoms with Crippen molar-refractivity contribution < 1.29 is 13.6 Å². The van der Waals surface area contributed by atoms with Gasteiger partial charge < -0.3 is 5.73 Å². The number of hydrogen-bond acceptors (Lipinski definition) is 1. The third kappa shape index (κ3) is 0.781. The molecule has 1 aliphatic carbocycles. The van der Waals surface area contributed by atoms with Crippen molar-refractivity contribution in [2.24, 2.45) is 11.1 Å². The number of hydrogen-bond donors (Lipinski definition) is 1. The van der Waals surface area contributed by atoms with Gasteiger partial charge in [-0.15, -0.1) is 0 Å². The van der Waals surface area contributed by atoms with Gasteiger partial charge in [-0.1, -0.05) is 0 Å². The number of amides is 1. The molecule has 52 valence electrons. The van der Waals surface area contributed by atoms with E-state index in [1.165, 1.54) is 0 Å².